The van der Waals surface area contributed by atoms with E-state index in [1.165, 1.54) is 0 Å². The van der Waals surface area contributed by atoms with Crippen LogP contribution in [-0.4, -0.2) is 54.3 Å². The van der Waals surface area contributed by atoms with Crippen LogP contribution in [0.1, 0.15) is 38.8 Å². The fourth-order valence-corrected chi connectivity index (χ4v) is 3.30. The van der Waals surface area contributed by atoms with E-state index in [-0.39, 0.29) is 11.8 Å². The molecule has 27 heavy (non-hydrogen) atoms. The number of hydrogen-bond donors (Lipinski definition) is 1. The normalized spacial score (nSPS) is 14.8. The Morgan fingerprint density at radius 1 is 0.926 bits per heavy atom. The Morgan fingerprint density at radius 2 is 1.56 bits per heavy atom. The van der Waals surface area contributed by atoms with Crippen molar-refractivity contribution in [3.8, 4) is 0 Å². The summed E-state index contributed by atoms with van der Waals surface area (Å²) >= 11 is 0. The lowest BCUT2D eigenvalue weighted by Gasteiger charge is -2.34. The molecule has 1 heterocycles. The minimum Gasteiger partial charge on any atom is -0.348 e. The van der Waals surface area contributed by atoms with E-state index in [0.717, 1.165) is 43.9 Å². The summed E-state index contributed by atoms with van der Waals surface area (Å²) in [5, 5.41) is 2.94. The maximum Gasteiger partial charge on any atom is 0.253 e. The van der Waals surface area contributed by atoms with Crippen LogP contribution in [0.5, 0.6) is 0 Å². The van der Waals surface area contributed by atoms with Crippen molar-refractivity contribution in [3.63, 3.8) is 0 Å². The molecule has 1 fully saturated rings. The first-order valence-corrected chi connectivity index (χ1v) is 9.53. The highest BCUT2D eigenvalue weighted by molar-refractivity contribution is 5.97. The molecule has 1 saturated heterocycles. The molecule has 0 spiro atoms. The predicted octanol–water partition coefficient (Wildman–Crippen LogP) is 2.70. The molecule has 1 aliphatic rings. The molecule has 5 nitrogen and oxygen atoms in total. The second-order valence-corrected chi connectivity index (χ2v) is 6.91. The molecule has 0 aromatic heterocycles. The predicted molar refractivity (Wildman–Crippen MR) is 107 cm³/mol. The van der Waals surface area contributed by atoms with E-state index >= 15 is 0 Å². The van der Waals surface area contributed by atoms with Crippen LogP contribution < -0.4 is 5.32 Å². The van der Waals surface area contributed by atoms with E-state index in [4.69, 9.17) is 0 Å². The molecule has 1 aliphatic heterocycles. The summed E-state index contributed by atoms with van der Waals surface area (Å²) in [5.74, 6) is -0.0913. The summed E-state index contributed by atoms with van der Waals surface area (Å²) < 4.78 is 0. The molecule has 5 heteroatoms. The van der Waals surface area contributed by atoms with Gasteiger partial charge in [-0.05, 0) is 48.9 Å². The summed E-state index contributed by atoms with van der Waals surface area (Å²) in [6.45, 7) is 9.03. The third kappa shape index (κ3) is 4.74. The number of carbonyl (C=O) groups excluding carboxylic acids is 2. The van der Waals surface area contributed by atoms with Gasteiger partial charge in [-0.1, -0.05) is 31.2 Å². The summed E-state index contributed by atoms with van der Waals surface area (Å²) in [6, 6.07) is 14.9. The summed E-state index contributed by atoms with van der Waals surface area (Å²) in [6.07, 6.45) is 0. The van der Waals surface area contributed by atoms with Gasteiger partial charge >= 0.3 is 0 Å². The zero-order chi connectivity index (χ0) is 19.2. The molecule has 0 atom stereocenters. The fourth-order valence-electron chi connectivity index (χ4n) is 3.30. The number of benzene rings is 2. The van der Waals surface area contributed by atoms with Crippen LogP contribution in [-0.2, 0) is 6.54 Å². The molecular weight excluding hydrogens is 338 g/mol. The highest BCUT2D eigenvalue weighted by Crippen LogP contribution is 2.11. The first-order valence-electron chi connectivity index (χ1n) is 9.53. The third-order valence-corrected chi connectivity index (χ3v) is 5.20. The molecule has 0 saturated carbocycles. The zero-order valence-corrected chi connectivity index (χ0v) is 16.1. The Hall–Kier alpha value is -2.66. The fraction of sp³-hybridized carbons (Fsp3) is 0.364. The SMILES string of the molecule is CCN1CCN(C(=O)c2ccc(C(=O)NCc3ccccc3C)cc2)CC1. The number of rotatable bonds is 5. The average molecular weight is 365 g/mol. The minimum atomic E-state index is -0.131. The average Bonchev–Trinajstić information content (AvgIpc) is 2.72. The lowest BCUT2D eigenvalue weighted by atomic mass is 10.1. The quantitative estimate of drug-likeness (QED) is 0.886. The van der Waals surface area contributed by atoms with Gasteiger partial charge in [-0.25, -0.2) is 0 Å². The Morgan fingerprint density at radius 3 is 2.19 bits per heavy atom. The van der Waals surface area contributed by atoms with Crippen LogP contribution in [0.4, 0.5) is 0 Å². The Bertz CT molecular complexity index is 793. The van der Waals surface area contributed by atoms with Crippen LogP contribution in [0.15, 0.2) is 48.5 Å². The van der Waals surface area contributed by atoms with Crippen molar-refractivity contribution in [3.05, 3.63) is 70.8 Å². The van der Waals surface area contributed by atoms with Crippen LogP contribution in [0.2, 0.25) is 0 Å². The molecule has 0 bridgehead atoms. The van der Waals surface area contributed by atoms with E-state index in [0.29, 0.717) is 17.7 Å². The van der Waals surface area contributed by atoms with Gasteiger partial charge in [0.15, 0.2) is 0 Å². The number of hydrogen-bond acceptors (Lipinski definition) is 3. The van der Waals surface area contributed by atoms with Crippen molar-refractivity contribution >= 4 is 11.8 Å². The second-order valence-electron chi connectivity index (χ2n) is 6.91. The number of likely N-dealkylation sites (N-methyl/N-ethyl adjacent to an activating group) is 1. The maximum absolute atomic E-state index is 12.6. The Kier molecular flexibility index (Phi) is 6.24. The number of piperazine rings is 1. The van der Waals surface area contributed by atoms with Crippen LogP contribution in [0.3, 0.4) is 0 Å². The highest BCUT2D eigenvalue weighted by Gasteiger charge is 2.21. The van der Waals surface area contributed by atoms with Crippen molar-refractivity contribution in [2.75, 3.05) is 32.7 Å². The van der Waals surface area contributed by atoms with Gasteiger partial charge in [0, 0.05) is 43.9 Å². The second kappa shape index (κ2) is 8.82. The van der Waals surface area contributed by atoms with Gasteiger partial charge < -0.3 is 15.1 Å². The topological polar surface area (TPSA) is 52.7 Å². The van der Waals surface area contributed by atoms with Gasteiger partial charge in [0.05, 0.1) is 0 Å². The smallest absolute Gasteiger partial charge is 0.253 e. The van der Waals surface area contributed by atoms with E-state index < -0.39 is 0 Å². The van der Waals surface area contributed by atoms with Gasteiger partial charge in [0.2, 0.25) is 0 Å². The number of carbonyl (C=O) groups is 2. The van der Waals surface area contributed by atoms with Gasteiger partial charge in [-0.3, -0.25) is 9.59 Å². The van der Waals surface area contributed by atoms with Crippen molar-refractivity contribution in [2.24, 2.45) is 0 Å². The van der Waals surface area contributed by atoms with Crippen molar-refractivity contribution < 1.29 is 9.59 Å². The van der Waals surface area contributed by atoms with E-state index in [1.54, 1.807) is 24.3 Å². The Labute approximate surface area is 161 Å². The molecule has 2 aromatic rings. The largest absolute Gasteiger partial charge is 0.348 e. The summed E-state index contributed by atoms with van der Waals surface area (Å²) in [5.41, 5.74) is 3.46. The molecule has 0 radical (unpaired) electrons. The van der Waals surface area contributed by atoms with Crippen LogP contribution >= 0.6 is 0 Å². The molecule has 3 rings (SSSR count). The van der Waals surface area contributed by atoms with Crippen molar-refractivity contribution in [1.29, 1.82) is 0 Å². The van der Waals surface area contributed by atoms with E-state index in [2.05, 4.69) is 17.1 Å². The third-order valence-electron chi connectivity index (χ3n) is 5.20. The monoisotopic (exact) mass is 365 g/mol. The zero-order valence-electron chi connectivity index (χ0n) is 16.1. The minimum absolute atomic E-state index is 0.0395. The number of aryl methyl sites for hydroxylation is 1. The number of nitrogens with zero attached hydrogens (tertiary/aromatic N) is 2. The molecule has 0 aliphatic carbocycles. The molecule has 142 valence electrons. The lowest BCUT2D eigenvalue weighted by molar-refractivity contribution is 0.0643. The van der Waals surface area contributed by atoms with Gasteiger partial charge in [0.25, 0.3) is 11.8 Å². The molecule has 0 unspecified atom stereocenters. The Balaban J connectivity index is 1.57. The van der Waals surface area contributed by atoms with Crippen molar-refractivity contribution in [2.45, 2.75) is 20.4 Å². The van der Waals surface area contributed by atoms with Gasteiger partial charge in [0.1, 0.15) is 0 Å². The van der Waals surface area contributed by atoms with E-state index in [1.807, 2.05) is 36.1 Å². The molecule has 2 amide bonds. The number of nitrogens with one attached hydrogen (secondary N) is 1. The lowest BCUT2D eigenvalue weighted by Crippen LogP contribution is -2.48. The van der Waals surface area contributed by atoms with E-state index in [9.17, 15) is 9.59 Å². The molecular formula is C22H27N3O2. The van der Waals surface area contributed by atoms with Gasteiger partial charge in [-0.15, -0.1) is 0 Å². The summed E-state index contributed by atoms with van der Waals surface area (Å²) in [4.78, 5) is 29.2. The first kappa shape index (κ1) is 19.1. The van der Waals surface area contributed by atoms with Crippen molar-refractivity contribution in [1.82, 2.24) is 15.1 Å². The molecule has 2 aromatic carbocycles. The first-order chi connectivity index (χ1) is 13.1. The van der Waals surface area contributed by atoms with Gasteiger partial charge in [-0.2, -0.15) is 0 Å². The number of amides is 2. The molecule has 1 N–H and O–H groups in total. The van der Waals surface area contributed by atoms with Crippen LogP contribution in [0, 0.1) is 6.92 Å². The maximum atomic E-state index is 12.6. The standard InChI is InChI=1S/C22H27N3O2/c1-3-24-12-14-25(15-13-24)22(27)19-10-8-18(9-11-19)21(26)23-16-20-7-5-4-6-17(20)2/h4-11H,3,12-16H2,1-2H3,(H,23,26). The highest BCUT2D eigenvalue weighted by atomic mass is 16.2. The van der Waals surface area contributed by atoms with Crippen LogP contribution in [0.25, 0.3) is 0 Å². The summed E-state index contributed by atoms with van der Waals surface area (Å²) in [7, 11) is 0.